The summed E-state index contributed by atoms with van der Waals surface area (Å²) in [5, 5.41) is 5.55. The highest BCUT2D eigenvalue weighted by Crippen LogP contribution is 2.18. The van der Waals surface area contributed by atoms with E-state index in [1.165, 1.54) is 11.3 Å². The second-order valence-corrected chi connectivity index (χ2v) is 6.96. The van der Waals surface area contributed by atoms with E-state index in [1.807, 2.05) is 5.38 Å². The van der Waals surface area contributed by atoms with Crippen LogP contribution in [0.2, 0.25) is 0 Å². The quantitative estimate of drug-likeness (QED) is 0.698. The third-order valence-electron chi connectivity index (χ3n) is 3.53. The molecule has 1 aromatic heterocycles. The lowest BCUT2D eigenvalue weighted by molar-refractivity contribution is -0.139. The lowest BCUT2D eigenvalue weighted by atomic mass is 9.97. The molecule has 2 heterocycles. The van der Waals surface area contributed by atoms with Gasteiger partial charge in [0.05, 0.1) is 19.1 Å². The molecule has 128 valence electrons. The first-order chi connectivity index (χ1) is 11.1. The van der Waals surface area contributed by atoms with Crippen LogP contribution >= 0.6 is 27.3 Å². The van der Waals surface area contributed by atoms with Gasteiger partial charge in [-0.05, 0) is 28.8 Å². The highest BCUT2D eigenvalue weighted by Gasteiger charge is 2.28. The van der Waals surface area contributed by atoms with Crippen molar-refractivity contribution in [2.24, 2.45) is 5.92 Å². The zero-order valence-electron chi connectivity index (χ0n) is 12.6. The molecule has 23 heavy (non-hydrogen) atoms. The molecule has 0 aliphatic carbocycles. The summed E-state index contributed by atoms with van der Waals surface area (Å²) >= 11 is 4.74. The first-order valence-corrected chi connectivity index (χ1v) is 9.06. The summed E-state index contributed by atoms with van der Waals surface area (Å²) in [6.07, 6.45) is 1.53. The molecular weight excluding hydrogens is 389 g/mol. The average Bonchev–Trinajstić information content (AvgIpc) is 2.98. The van der Waals surface area contributed by atoms with Crippen LogP contribution in [0.15, 0.2) is 9.98 Å². The number of ether oxygens (including phenoxy) is 1. The van der Waals surface area contributed by atoms with Gasteiger partial charge in [0.15, 0.2) is 0 Å². The number of likely N-dealkylation sites (tertiary alicyclic amines) is 1. The number of nitrogens with one attached hydrogen (secondary N) is 1. The molecule has 1 atom stereocenters. The van der Waals surface area contributed by atoms with Gasteiger partial charge >= 0.3 is 0 Å². The van der Waals surface area contributed by atoms with E-state index in [0.29, 0.717) is 19.6 Å². The van der Waals surface area contributed by atoms with Gasteiger partial charge in [-0.2, -0.15) is 0 Å². The molecule has 1 aliphatic rings. The van der Waals surface area contributed by atoms with Crippen molar-refractivity contribution in [3.8, 4) is 0 Å². The molecule has 1 fully saturated rings. The number of thiazole rings is 1. The number of hydrogen-bond acceptors (Lipinski definition) is 5. The van der Waals surface area contributed by atoms with E-state index in [4.69, 9.17) is 4.74 Å². The SMILES string of the molecule is O=C(NCc1nc(Br)cs1)[C@H]1CCCN(C(=O)COCCF)C1. The van der Waals surface area contributed by atoms with Gasteiger partial charge < -0.3 is 15.0 Å². The number of piperidine rings is 1. The summed E-state index contributed by atoms with van der Waals surface area (Å²) in [7, 11) is 0. The Hall–Kier alpha value is -1.06. The van der Waals surface area contributed by atoms with Crippen molar-refractivity contribution in [1.29, 1.82) is 0 Å². The van der Waals surface area contributed by atoms with Crippen LogP contribution in [-0.4, -0.2) is 54.7 Å². The minimum absolute atomic E-state index is 0.0708. The first-order valence-electron chi connectivity index (χ1n) is 7.39. The molecule has 0 radical (unpaired) electrons. The van der Waals surface area contributed by atoms with Crippen LogP contribution in [0, 0.1) is 5.92 Å². The maximum Gasteiger partial charge on any atom is 0.248 e. The molecule has 2 amide bonds. The predicted octanol–water partition coefficient (Wildman–Crippen LogP) is 1.75. The molecule has 0 saturated carbocycles. The largest absolute Gasteiger partial charge is 0.369 e. The van der Waals surface area contributed by atoms with Crippen LogP contribution in [0.5, 0.6) is 0 Å². The summed E-state index contributed by atoms with van der Waals surface area (Å²) in [5.41, 5.74) is 0. The maximum atomic E-state index is 12.2. The number of aromatic nitrogens is 1. The summed E-state index contributed by atoms with van der Waals surface area (Å²) in [4.78, 5) is 30.0. The minimum Gasteiger partial charge on any atom is -0.369 e. The first kappa shape index (κ1) is 18.3. The smallest absolute Gasteiger partial charge is 0.248 e. The average molecular weight is 408 g/mol. The normalized spacial score (nSPS) is 18.0. The van der Waals surface area contributed by atoms with Crippen LogP contribution < -0.4 is 5.32 Å². The Bertz CT molecular complexity index is 543. The van der Waals surface area contributed by atoms with Gasteiger partial charge in [0, 0.05) is 18.5 Å². The fourth-order valence-corrected chi connectivity index (χ4v) is 3.60. The molecule has 2 rings (SSSR count). The molecular formula is C14H19BrFN3O3S. The third-order valence-corrected chi connectivity index (χ3v) is 5.09. The minimum atomic E-state index is -0.606. The van der Waals surface area contributed by atoms with Crippen molar-refractivity contribution in [3.63, 3.8) is 0 Å². The van der Waals surface area contributed by atoms with Crippen LogP contribution in [0.4, 0.5) is 4.39 Å². The highest BCUT2D eigenvalue weighted by molar-refractivity contribution is 9.10. The van der Waals surface area contributed by atoms with E-state index in [2.05, 4.69) is 26.2 Å². The second kappa shape index (κ2) is 9.29. The number of rotatable bonds is 7. The van der Waals surface area contributed by atoms with Crippen LogP contribution in [0.1, 0.15) is 17.8 Å². The number of nitrogens with zero attached hydrogens (tertiary/aromatic N) is 2. The molecule has 6 nitrogen and oxygen atoms in total. The van der Waals surface area contributed by atoms with Crippen LogP contribution in [-0.2, 0) is 20.9 Å². The van der Waals surface area contributed by atoms with Gasteiger partial charge in [-0.25, -0.2) is 9.37 Å². The Morgan fingerprint density at radius 1 is 1.57 bits per heavy atom. The number of halogens is 2. The van der Waals surface area contributed by atoms with Crippen molar-refractivity contribution >= 4 is 39.1 Å². The monoisotopic (exact) mass is 407 g/mol. The Balaban J connectivity index is 1.77. The molecule has 1 aromatic rings. The van der Waals surface area contributed by atoms with E-state index in [1.54, 1.807) is 4.90 Å². The summed E-state index contributed by atoms with van der Waals surface area (Å²) < 4.78 is 17.7. The zero-order valence-corrected chi connectivity index (χ0v) is 15.0. The number of alkyl halides is 1. The standard InChI is InChI=1S/C14H19BrFN3O3S/c15-11-9-23-12(18-11)6-17-14(21)10-2-1-4-19(7-10)13(20)8-22-5-3-16/h9-10H,1-8H2,(H,17,21)/t10-/m0/s1. The summed E-state index contributed by atoms with van der Waals surface area (Å²) in [5.74, 6) is -0.490. The Kier molecular flexibility index (Phi) is 7.38. The highest BCUT2D eigenvalue weighted by atomic mass is 79.9. The Labute approximate surface area is 146 Å². The zero-order chi connectivity index (χ0) is 16.7. The van der Waals surface area contributed by atoms with E-state index in [9.17, 15) is 14.0 Å². The molecule has 0 bridgehead atoms. The summed E-state index contributed by atoms with van der Waals surface area (Å²) in [6, 6.07) is 0. The molecule has 1 aliphatic heterocycles. The fraction of sp³-hybridized carbons (Fsp3) is 0.643. The van der Waals surface area contributed by atoms with Gasteiger partial charge in [0.2, 0.25) is 11.8 Å². The van der Waals surface area contributed by atoms with Crippen molar-refractivity contribution in [2.45, 2.75) is 19.4 Å². The third kappa shape index (κ3) is 5.82. The van der Waals surface area contributed by atoms with Gasteiger partial charge in [0.1, 0.15) is 22.9 Å². The Morgan fingerprint density at radius 2 is 2.39 bits per heavy atom. The van der Waals surface area contributed by atoms with Gasteiger partial charge in [-0.1, -0.05) is 0 Å². The molecule has 1 N–H and O–H groups in total. The molecule has 0 spiro atoms. The predicted molar refractivity (Wildman–Crippen MR) is 87.8 cm³/mol. The van der Waals surface area contributed by atoms with Crippen molar-refractivity contribution in [3.05, 3.63) is 15.0 Å². The van der Waals surface area contributed by atoms with Gasteiger partial charge in [0.25, 0.3) is 0 Å². The number of hydrogen-bond donors (Lipinski definition) is 1. The van der Waals surface area contributed by atoms with Crippen molar-refractivity contribution < 1.29 is 18.7 Å². The van der Waals surface area contributed by atoms with Crippen molar-refractivity contribution in [1.82, 2.24) is 15.2 Å². The van der Waals surface area contributed by atoms with Crippen LogP contribution in [0.25, 0.3) is 0 Å². The molecule has 0 aromatic carbocycles. The summed E-state index contributed by atoms with van der Waals surface area (Å²) in [6.45, 7) is 0.564. The van der Waals surface area contributed by atoms with Crippen LogP contribution in [0.3, 0.4) is 0 Å². The molecule has 0 unspecified atom stereocenters. The van der Waals surface area contributed by atoms with Crippen molar-refractivity contribution in [2.75, 3.05) is 33.0 Å². The molecule has 1 saturated heterocycles. The Morgan fingerprint density at radius 3 is 3.09 bits per heavy atom. The van der Waals surface area contributed by atoms with E-state index >= 15 is 0 Å². The van der Waals surface area contributed by atoms with E-state index in [-0.39, 0.29) is 30.9 Å². The molecule has 9 heteroatoms. The van der Waals surface area contributed by atoms with Gasteiger partial charge in [-0.15, -0.1) is 11.3 Å². The lowest BCUT2D eigenvalue weighted by Gasteiger charge is -2.32. The van der Waals surface area contributed by atoms with E-state index < -0.39 is 6.67 Å². The number of carbonyl (C=O) groups excluding carboxylic acids is 2. The lowest BCUT2D eigenvalue weighted by Crippen LogP contribution is -2.46. The van der Waals surface area contributed by atoms with Gasteiger partial charge in [-0.3, -0.25) is 9.59 Å². The number of carbonyl (C=O) groups is 2. The van der Waals surface area contributed by atoms with E-state index in [0.717, 1.165) is 22.5 Å². The fourth-order valence-electron chi connectivity index (χ4n) is 2.40. The topological polar surface area (TPSA) is 71.5 Å². The second-order valence-electron chi connectivity index (χ2n) is 5.20. The number of amides is 2. The maximum absolute atomic E-state index is 12.2.